The summed E-state index contributed by atoms with van der Waals surface area (Å²) in [4.78, 5) is 21.0. The van der Waals surface area contributed by atoms with E-state index in [9.17, 15) is 4.79 Å². The number of rotatable bonds is 3. The molecule has 7 nitrogen and oxygen atoms in total. The van der Waals surface area contributed by atoms with Gasteiger partial charge in [-0.25, -0.2) is 9.67 Å². The average molecular weight is 313 g/mol. The largest absolute Gasteiger partial charge is 0.377 e. The Balaban J connectivity index is 1.63. The molecule has 23 heavy (non-hydrogen) atoms. The number of nitrogens with one attached hydrogen (secondary N) is 1. The molecular weight excluding hydrogens is 294 g/mol. The maximum atomic E-state index is 12.4. The number of aromatic nitrogens is 4. The van der Waals surface area contributed by atoms with E-state index in [-0.39, 0.29) is 17.6 Å². The third kappa shape index (κ3) is 2.61. The van der Waals surface area contributed by atoms with Crippen LogP contribution in [0.2, 0.25) is 0 Å². The molecule has 2 aliphatic rings. The Bertz CT molecular complexity index is 788. The van der Waals surface area contributed by atoms with Crippen molar-refractivity contribution in [2.75, 3.05) is 18.5 Å². The average Bonchev–Trinajstić information content (AvgIpc) is 3.17. The topological polar surface area (TPSA) is 81.9 Å². The lowest BCUT2D eigenvalue weighted by Gasteiger charge is -2.21. The molecule has 4 rings (SSSR count). The third-order valence-corrected chi connectivity index (χ3v) is 4.55. The van der Waals surface area contributed by atoms with E-state index in [1.54, 1.807) is 23.1 Å². The molecule has 0 aromatic carbocycles. The van der Waals surface area contributed by atoms with Gasteiger partial charge in [0.15, 0.2) is 0 Å². The van der Waals surface area contributed by atoms with Crippen molar-refractivity contribution >= 4 is 5.82 Å². The summed E-state index contributed by atoms with van der Waals surface area (Å²) >= 11 is 0. The van der Waals surface area contributed by atoms with E-state index in [4.69, 9.17) is 4.74 Å². The Morgan fingerprint density at radius 2 is 2.13 bits per heavy atom. The SMILES string of the molecule is Cc1nccnc1NC1COCC1n1nc2c(cc1=O)CCC2. The number of ether oxygens (including phenoxy) is 1. The normalized spacial score (nSPS) is 23.0. The Morgan fingerprint density at radius 1 is 1.26 bits per heavy atom. The minimum atomic E-state index is -0.130. The second-order valence-corrected chi connectivity index (χ2v) is 6.10. The monoisotopic (exact) mass is 313 g/mol. The number of anilines is 1. The van der Waals surface area contributed by atoms with Crippen molar-refractivity contribution in [3.63, 3.8) is 0 Å². The van der Waals surface area contributed by atoms with Crippen molar-refractivity contribution in [1.29, 1.82) is 0 Å². The Labute approximate surface area is 133 Å². The van der Waals surface area contributed by atoms with Crippen molar-refractivity contribution in [2.24, 2.45) is 0 Å². The Kier molecular flexibility index (Phi) is 3.57. The Morgan fingerprint density at radius 3 is 3.00 bits per heavy atom. The molecule has 0 saturated carbocycles. The van der Waals surface area contributed by atoms with Crippen LogP contribution in [0.4, 0.5) is 5.82 Å². The molecule has 3 heterocycles. The highest BCUT2D eigenvalue weighted by atomic mass is 16.5. The molecule has 1 N–H and O–H groups in total. The van der Waals surface area contributed by atoms with Crippen molar-refractivity contribution in [3.05, 3.63) is 45.8 Å². The summed E-state index contributed by atoms with van der Waals surface area (Å²) in [7, 11) is 0. The lowest BCUT2D eigenvalue weighted by Crippen LogP contribution is -2.38. The number of aryl methyl sites for hydroxylation is 3. The minimum Gasteiger partial charge on any atom is -0.377 e. The fraction of sp³-hybridized carbons (Fsp3) is 0.500. The van der Waals surface area contributed by atoms with E-state index in [1.165, 1.54) is 0 Å². The van der Waals surface area contributed by atoms with Crippen LogP contribution in [0.15, 0.2) is 23.3 Å². The molecule has 7 heteroatoms. The van der Waals surface area contributed by atoms with Crippen LogP contribution in [-0.2, 0) is 17.6 Å². The predicted molar refractivity (Wildman–Crippen MR) is 84.6 cm³/mol. The van der Waals surface area contributed by atoms with Crippen LogP contribution in [0.1, 0.15) is 29.4 Å². The molecular formula is C16H19N5O2. The summed E-state index contributed by atoms with van der Waals surface area (Å²) in [6.07, 6.45) is 6.30. The van der Waals surface area contributed by atoms with Crippen LogP contribution in [0.5, 0.6) is 0 Å². The van der Waals surface area contributed by atoms with Gasteiger partial charge in [-0.1, -0.05) is 0 Å². The van der Waals surface area contributed by atoms with E-state index in [0.29, 0.717) is 13.2 Å². The minimum absolute atomic E-state index is 0.0462. The van der Waals surface area contributed by atoms with Gasteiger partial charge in [0.25, 0.3) is 5.56 Å². The quantitative estimate of drug-likeness (QED) is 0.906. The summed E-state index contributed by atoms with van der Waals surface area (Å²) in [6, 6.07) is 1.56. The molecule has 0 bridgehead atoms. The Hall–Kier alpha value is -2.28. The first-order valence-corrected chi connectivity index (χ1v) is 7.96. The highest BCUT2D eigenvalue weighted by Crippen LogP contribution is 2.24. The molecule has 0 amide bonds. The number of fused-ring (bicyclic) bond motifs is 1. The smallest absolute Gasteiger partial charge is 0.267 e. The molecule has 120 valence electrons. The maximum Gasteiger partial charge on any atom is 0.267 e. The third-order valence-electron chi connectivity index (χ3n) is 4.55. The summed E-state index contributed by atoms with van der Waals surface area (Å²) in [5, 5.41) is 7.95. The van der Waals surface area contributed by atoms with Gasteiger partial charge in [0.1, 0.15) is 11.9 Å². The van der Waals surface area contributed by atoms with Gasteiger partial charge in [-0.15, -0.1) is 0 Å². The standard InChI is InChI=1S/C16H19N5O2/c1-10-16(18-6-5-17-10)19-13-8-23-9-14(13)21-15(22)7-11-3-2-4-12(11)20-21/h5-7,13-14H,2-4,8-9H2,1H3,(H,18,19). The van der Waals surface area contributed by atoms with Crippen LogP contribution in [-0.4, -0.2) is 39.0 Å². The lowest BCUT2D eigenvalue weighted by molar-refractivity contribution is 0.182. The maximum absolute atomic E-state index is 12.4. The van der Waals surface area contributed by atoms with E-state index in [1.807, 2.05) is 6.92 Å². The first-order chi connectivity index (χ1) is 11.2. The van der Waals surface area contributed by atoms with Crippen LogP contribution in [0.3, 0.4) is 0 Å². The molecule has 1 fully saturated rings. The zero-order chi connectivity index (χ0) is 15.8. The van der Waals surface area contributed by atoms with Gasteiger partial charge in [0.05, 0.1) is 30.6 Å². The summed E-state index contributed by atoms with van der Waals surface area (Å²) < 4.78 is 7.18. The van der Waals surface area contributed by atoms with Gasteiger partial charge in [-0.2, -0.15) is 5.10 Å². The van der Waals surface area contributed by atoms with Crippen LogP contribution >= 0.6 is 0 Å². The summed E-state index contributed by atoms with van der Waals surface area (Å²) in [5.74, 6) is 0.724. The molecule has 2 atom stereocenters. The number of nitrogens with zero attached hydrogens (tertiary/aromatic N) is 4. The number of hydrogen-bond donors (Lipinski definition) is 1. The van der Waals surface area contributed by atoms with Gasteiger partial charge in [0.2, 0.25) is 0 Å². The van der Waals surface area contributed by atoms with Gasteiger partial charge in [-0.3, -0.25) is 9.78 Å². The fourth-order valence-electron chi connectivity index (χ4n) is 3.30. The zero-order valence-corrected chi connectivity index (χ0v) is 13.0. The number of hydrogen-bond acceptors (Lipinski definition) is 6. The first-order valence-electron chi connectivity index (χ1n) is 7.96. The molecule has 1 saturated heterocycles. The van der Waals surface area contributed by atoms with Crippen molar-refractivity contribution in [2.45, 2.75) is 38.3 Å². The van der Waals surface area contributed by atoms with Gasteiger partial charge < -0.3 is 10.1 Å². The molecule has 0 radical (unpaired) electrons. The van der Waals surface area contributed by atoms with Crippen LogP contribution < -0.4 is 10.9 Å². The van der Waals surface area contributed by atoms with Crippen molar-refractivity contribution in [1.82, 2.24) is 19.7 Å². The summed E-state index contributed by atoms with van der Waals surface area (Å²) in [6.45, 7) is 2.90. The van der Waals surface area contributed by atoms with Gasteiger partial charge in [0, 0.05) is 18.5 Å². The summed E-state index contributed by atoms with van der Waals surface area (Å²) in [5.41, 5.74) is 2.92. The van der Waals surface area contributed by atoms with Crippen molar-refractivity contribution < 1.29 is 4.74 Å². The van der Waals surface area contributed by atoms with E-state index < -0.39 is 0 Å². The van der Waals surface area contributed by atoms with E-state index in [2.05, 4.69) is 20.4 Å². The second kappa shape index (κ2) is 5.73. The second-order valence-electron chi connectivity index (χ2n) is 6.10. The highest BCUT2D eigenvalue weighted by molar-refractivity contribution is 5.40. The fourth-order valence-corrected chi connectivity index (χ4v) is 3.30. The van der Waals surface area contributed by atoms with E-state index >= 15 is 0 Å². The molecule has 2 aromatic heterocycles. The first kappa shape index (κ1) is 14.3. The van der Waals surface area contributed by atoms with Crippen LogP contribution in [0.25, 0.3) is 0 Å². The molecule has 2 aromatic rings. The van der Waals surface area contributed by atoms with E-state index in [0.717, 1.165) is 42.0 Å². The van der Waals surface area contributed by atoms with Gasteiger partial charge >= 0.3 is 0 Å². The van der Waals surface area contributed by atoms with Crippen LogP contribution in [0, 0.1) is 6.92 Å². The lowest BCUT2D eigenvalue weighted by atomic mass is 10.1. The predicted octanol–water partition coefficient (Wildman–Crippen LogP) is 0.882. The molecule has 1 aliphatic carbocycles. The molecule has 1 aliphatic heterocycles. The molecule has 0 spiro atoms. The van der Waals surface area contributed by atoms with Crippen molar-refractivity contribution in [3.8, 4) is 0 Å². The molecule has 2 unspecified atom stereocenters. The highest BCUT2D eigenvalue weighted by Gasteiger charge is 2.32. The zero-order valence-electron chi connectivity index (χ0n) is 13.0. The van der Waals surface area contributed by atoms with Gasteiger partial charge in [-0.05, 0) is 31.7 Å².